The van der Waals surface area contributed by atoms with Crippen LogP contribution in [0.4, 0.5) is 4.39 Å². The van der Waals surface area contributed by atoms with E-state index in [1.54, 1.807) is 12.1 Å². The molecule has 5 heteroatoms. The highest BCUT2D eigenvalue weighted by Gasteiger charge is 2.41. The molecule has 0 bridgehead atoms. The van der Waals surface area contributed by atoms with Crippen molar-refractivity contribution >= 4 is 5.91 Å². The van der Waals surface area contributed by atoms with Gasteiger partial charge in [-0.3, -0.25) is 4.79 Å². The molecule has 0 atom stereocenters. The molecular formula is C23H28FNO3. The summed E-state index contributed by atoms with van der Waals surface area (Å²) in [6.45, 7) is 5.60. The first kappa shape index (κ1) is 20.3. The molecule has 0 radical (unpaired) electrons. The number of rotatable bonds is 7. The summed E-state index contributed by atoms with van der Waals surface area (Å²) >= 11 is 0. The molecular weight excluding hydrogens is 357 g/mol. The smallest absolute Gasteiger partial charge is 0.230 e. The number of carbonyl (C=O) groups excluding carboxylic acids is 1. The molecule has 150 valence electrons. The van der Waals surface area contributed by atoms with Gasteiger partial charge in [0.1, 0.15) is 11.6 Å². The summed E-state index contributed by atoms with van der Waals surface area (Å²) in [5, 5.41) is 3.08. The van der Waals surface area contributed by atoms with Gasteiger partial charge in [-0.2, -0.15) is 0 Å². The quantitative estimate of drug-likeness (QED) is 0.783. The lowest BCUT2D eigenvalue weighted by molar-refractivity contribution is -0.130. The molecule has 1 N–H and O–H groups in total. The van der Waals surface area contributed by atoms with Crippen molar-refractivity contribution in [2.75, 3.05) is 19.8 Å². The Bertz CT molecular complexity index is 765. The first-order valence-electron chi connectivity index (χ1n) is 9.87. The van der Waals surface area contributed by atoms with E-state index in [4.69, 9.17) is 9.47 Å². The van der Waals surface area contributed by atoms with E-state index in [0.717, 1.165) is 23.3 Å². The molecule has 4 nitrogen and oxygen atoms in total. The number of hydrogen-bond donors (Lipinski definition) is 1. The Hall–Kier alpha value is -2.40. The van der Waals surface area contributed by atoms with Crippen molar-refractivity contribution in [1.29, 1.82) is 0 Å². The molecule has 3 rings (SSSR count). The van der Waals surface area contributed by atoms with Gasteiger partial charge in [0, 0.05) is 19.8 Å². The van der Waals surface area contributed by atoms with Crippen LogP contribution in [0.25, 0.3) is 0 Å². The van der Waals surface area contributed by atoms with Crippen LogP contribution in [0.15, 0.2) is 48.5 Å². The fourth-order valence-corrected chi connectivity index (χ4v) is 3.63. The predicted molar refractivity (Wildman–Crippen MR) is 107 cm³/mol. The molecule has 1 amide bonds. The Labute approximate surface area is 166 Å². The topological polar surface area (TPSA) is 47.6 Å². The number of ether oxygens (including phenoxy) is 2. The van der Waals surface area contributed by atoms with Crippen LogP contribution in [0.1, 0.15) is 37.8 Å². The predicted octanol–water partition coefficient (Wildman–Crippen LogP) is 4.02. The normalized spacial score (nSPS) is 16.0. The molecule has 1 fully saturated rings. The van der Waals surface area contributed by atoms with E-state index in [0.29, 0.717) is 32.6 Å². The average molecular weight is 385 g/mol. The van der Waals surface area contributed by atoms with Crippen molar-refractivity contribution in [1.82, 2.24) is 5.32 Å². The van der Waals surface area contributed by atoms with Gasteiger partial charge in [0.2, 0.25) is 5.91 Å². The zero-order valence-corrected chi connectivity index (χ0v) is 16.5. The first-order chi connectivity index (χ1) is 13.5. The van der Waals surface area contributed by atoms with Crippen molar-refractivity contribution in [2.45, 2.75) is 44.6 Å². The van der Waals surface area contributed by atoms with Crippen molar-refractivity contribution in [3.63, 3.8) is 0 Å². The molecule has 0 spiro atoms. The fourth-order valence-electron chi connectivity index (χ4n) is 3.63. The summed E-state index contributed by atoms with van der Waals surface area (Å²) in [7, 11) is 0. The van der Waals surface area contributed by atoms with Crippen LogP contribution in [-0.2, 0) is 21.4 Å². The average Bonchev–Trinajstić information content (AvgIpc) is 2.70. The highest BCUT2D eigenvalue weighted by Crippen LogP contribution is 2.35. The van der Waals surface area contributed by atoms with E-state index in [-0.39, 0.29) is 17.8 Å². The Morgan fingerprint density at radius 1 is 1.11 bits per heavy atom. The van der Waals surface area contributed by atoms with E-state index in [1.165, 1.54) is 12.1 Å². The van der Waals surface area contributed by atoms with Crippen molar-refractivity contribution < 1.29 is 18.7 Å². The lowest BCUT2D eigenvalue weighted by atomic mass is 9.73. The summed E-state index contributed by atoms with van der Waals surface area (Å²) in [6.07, 6.45) is 2.09. The molecule has 0 aromatic heterocycles. The second kappa shape index (κ2) is 9.20. The van der Waals surface area contributed by atoms with Gasteiger partial charge in [0.05, 0.1) is 11.5 Å². The van der Waals surface area contributed by atoms with Crippen LogP contribution in [-0.4, -0.2) is 31.8 Å². The number of nitrogens with one attached hydrogen (secondary N) is 1. The third-order valence-electron chi connectivity index (χ3n) is 5.17. The van der Waals surface area contributed by atoms with Crippen LogP contribution in [0.5, 0.6) is 5.75 Å². The molecule has 2 aromatic carbocycles. The molecule has 1 aliphatic heterocycles. The SMILES string of the molecule is CC(C)Oc1ccc(CCNC(=O)C2(c3ccc(F)cc3)CCOCC2)cc1. The summed E-state index contributed by atoms with van der Waals surface area (Å²) < 4.78 is 24.5. The number of benzene rings is 2. The molecule has 2 aromatic rings. The van der Waals surface area contributed by atoms with Gasteiger partial charge in [0.15, 0.2) is 0 Å². The monoisotopic (exact) mass is 385 g/mol. The minimum atomic E-state index is -0.652. The third kappa shape index (κ3) is 4.90. The maximum absolute atomic E-state index is 13.3. The molecule has 1 aliphatic rings. The van der Waals surface area contributed by atoms with Gasteiger partial charge in [-0.1, -0.05) is 24.3 Å². The fraction of sp³-hybridized carbons (Fsp3) is 0.435. The Morgan fingerprint density at radius 3 is 2.36 bits per heavy atom. The van der Waals surface area contributed by atoms with Crippen LogP contribution in [0.3, 0.4) is 0 Å². The lowest BCUT2D eigenvalue weighted by Gasteiger charge is -2.36. The van der Waals surface area contributed by atoms with E-state index in [1.807, 2.05) is 38.1 Å². The minimum Gasteiger partial charge on any atom is -0.491 e. The van der Waals surface area contributed by atoms with Crippen LogP contribution in [0.2, 0.25) is 0 Å². The third-order valence-corrected chi connectivity index (χ3v) is 5.17. The molecule has 0 saturated carbocycles. The van der Waals surface area contributed by atoms with Crippen molar-refractivity contribution in [2.24, 2.45) is 0 Å². The number of carbonyl (C=O) groups is 1. The highest BCUT2D eigenvalue weighted by atomic mass is 19.1. The summed E-state index contributed by atoms with van der Waals surface area (Å²) in [5.41, 5.74) is 1.34. The number of amides is 1. The molecule has 0 unspecified atom stereocenters. The summed E-state index contributed by atoms with van der Waals surface area (Å²) in [4.78, 5) is 13.1. The maximum atomic E-state index is 13.3. The number of hydrogen-bond acceptors (Lipinski definition) is 3. The number of halogens is 1. The maximum Gasteiger partial charge on any atom is 0.230 e. The van der Waals surface area contributed by atoms with Gasteiger partial charge in [-0.05, 0) is 68.5 Å². The summed E-state index contributed by atoms with van der Waals surface area (Å²) in [6, 6.07) is 14.2. The Balaban J connectivity index is 1.62. The molecule has 0 aliphatic carbocycles. The van der Waals surface area contributed by atoms with Crippen molar-refractivity contribution in [3.05, 3.63) is 65.5 Å². The molecule has 28 heavy (non-hydrogen) atoms. The molecule has 1 heterocycles. The second-order valence-corrected chi connectivity index (χ2v) is 7.52. The van der Waals surface area contributed by atoms with Crippen LogP contribution < -0.4 is 10.1 Å². The zero-order valence-electron chi connectivity index (χ0n) is 16.5. The summed E-state index contributed by atoms with van der Waals surface area (Å²) in [5.74, 6) is 0.540. The van der Waals surface area contributed by atoms with Crippen molar-refractivity contribution in [3.8, 4) is 5.75 Å². The minimum absolute atomic E-state index is 0.0119. The van der Waals surface area contributed by atoms with Gasteiger partial charge in [-0.25, -0.2) is 4.39 Å². The van der Waals surface area contributed by atoms with Crippen LogP contribution in [0, 0.1) is 5.82 Å². The zero-order chi connectivity index (χ0) is 20.0. The highest BCUT2D eigenvalue weighted by molar-refractivity contribution is 5.88. The first-order valence-corrected chi connectivity index (χ1v) is 9.87. The van der Waals surface area contributed by atoms with Gasteiger partial charge >= 0.3 is 0 Å². The second-order valence-electron chi connectivity index (χ2n) is 7.52. The van der Waals surface area contributed by atoms with Crippen LogP contribution >= 0.6 is 0 Å². The Morgan fingerprint density at radius 2 is 1.75 bits per heavy atom. The van der Waals surface area contributed by atoms with E-state index in [2.05, 4.69) is 5.32 Å². The van der Waals surface area contributed by atoms with E-state index >= 15 is 0 Å². The van der Waals surface area contributed by atoms with Gasteiger partial charge < -0.3 is 14.8 Å². The lowest BCUT2D eigenvalue weighted by Crippen LogP contribution is -2.48. The Kier molecular flexibility index (Phi) is 6.68. The largest absolute Gasteiger partial charge is 0.491 e. The van der Waals surface area contributed by atoms with E-state index < -0.39 is 5.41 Å². The standard InChI is InChI=1S/C23H28FNO3/c1-17(2)28-21-9-3-18(4-10-21)11-14-25-22(26)23(12-15-27-16-13-23)19-5-7-20(24)8-6-19/h3-10,17H,11-16H2,1-2H3,(H,25,26). The molecule has 1 saturated heterocycles. The van der Waals surface area contributed by atoms with E-state index in [9.17, 15) is 9.18 Å². The van der Waals surface area contributed by atoms with Gasteiger partial charge in [-0.15, -0.1) is 0 Å². The van der Waals surface area contributed by atoms with Gasteiger partial charge in [0.25, 0.3) is 0 Å².